The molecule has 0 aliphatic carbocycles. The van der Waals surface area contributed by atoms with E-state index in [0.717, 1.165) is 56.3 Å². The molecule has 3 nitrogen and oxygen atoms in total. The Morgan fingerprint density at radius 2 is 2.17 bits per heavy atom. The molecule has 1 fully saturated rings. The summed E-state index contributed by atoms with van der Waals surface area (Å²) >= 11 is 0. The highest BCUT2D eigenvalue weighted by Crippen LogP contribution is 2.23. The van der Waals surface area contributed by atoms with Crippen LogP contribution in [-0.2, 0) is 15.9 Å². The van der Waals surface area contributed by atoms with Crippen LogP contribution in [0.25, 0.3) is 0 Å². The fraction of sp³-hybridized carbons (Fsp3) is 0.615. The minimum atomic E-state index is -0.758. The van der Waals surface area contributed by atoms with E-state index < -0.39 is 6.10 Å². The SMILES string of the molecule is C=CCc1c(C)cccc1C(O)C#CCC[C@H](CCCCC)OC1CCCCO1. The van der Waals surface area contributed by atoms with Crippen LogP contribution in [0, 0.1) is 18.8 Å². The van der Waals surface area contributed by atoms with Gasteiger partial charge in [-0.2, -0.15) is 0 Å². The van der Waals surface area contributed by atoms with E-state index in [0.29, 0.717) is 0 Å². The summed E-state index contributed by atoms with van der Waals surface area (Å²) in [6.07, 6.45) is 11.6. The summed E-state index contributed by atoms with van der Waals surface area (Å²) in [5, 5.41) is 10.6. The van der Waals surface area contributed by atoms with Crippen molar-refractivity contribution in [3.63, 3.8) is 0 Å². The second-order valence-electron chi connectivity index (χ2n) is 7.95. The zero-order chi connectivity index (χ0) is 20.9. The first-order valence-corrected chi connectivity index (χ1v) is 11.3. The van der Waals surface area contributed by atoms with Crippen molar-refractivity contribution in [2.24, 2.45) is 0 Å². The van der Waals surface area contributed by atoms with Crippen LogP contribution in [0.15, 0.2) is 30.9 Å². The molecule has 1 heterocycles. The highest BCUT2D eigenvalue weighted by Gasteiger charge is 2.19. The highest BCUT2D eigenvalue weighted by atomic mass is 16.7. The zero-order valence-corrected chi connectivity index (χ0v) is 18.3. The number of aliphatic hydroxyl groups is 1. The number of ether oxygens (including phenoxy) is 2. The first-order chi connectivity index (χ1) is 14.2. The molecule has 1 aliphatic heterocycles. The summed E-state index contributed by atoms with van der Waals surface area (Å²) in [4.78, 5) is 0. The van der Waals surface area contributed by atoms with Gasteiger partial charge in [0.2, 0.25) is 0 Å². The molecular weight excluding hydrogens is 360 g/mol. The quantitative estimate of drug-likeness (QED) is 0.281. The van der Waals surface area contributed by atoms with E-state index in [1.807, 2.05) is 18.2 Å². The van der Waals surface area contributed by atoms with E-state index in [2.05, 4.69) is 38.3 Å². The third-order valence-electron chi connectivity index (χ3n) is 5.53. The Balaban J connectivity index is 1.91. The number of hydrogen-bond donors (Lipinski definition) is 1. The Kier molecular flexibility index (Phi) is 11.1. The number of rotatable bonds is 11. The van der Waals surface area contributed by atoms with Crippen molar-refractivity contribution in [1.29, 1.82) is 0 Å². The normalized spacial score (nSPS) is 18.5. The summed E-state index contributed by atoms with van der Waals surface area (Å²) in [6.45, 7) is 8.92. The second kappa shape index (κ2) is 13.6. The largest absolute Gasteiger partial charge is 0.376 e. The molecule has 0 spiro atoms. The Morgan fingerprint density at radius 3 is 2.90 bits per heavy atom. The van der Waals surface area contributed by atoms with Gasteiger partial charge in [-0.3, -0.25) is 0 Å². The van der Waals surface area contributed by atoms with Crippen LogP contribution < -0.4 is 0 Å². The van der Waals surface area contributed by atoms with Crippen LogP contribution in [0.4, 0.5) is 0 Å². The van der Waals surface area contributed by atoms with Crippen LogP contribution in [0.1, 0.15) is 87.5 Å². The number of aryl methyl sites for hydroxylation is 1. The van der Waals surface area contributed by atoms with Gasteiger partial charge in [0.25, 0.3) is 0 Å². The first kappa shape index (κ1) is 23.7. The lowest BCUT2D eigenvalue weighted by atomic mass is 9.95. The van der Waals surface area contributed by atoms with Crippen molar-refractivity contribution in [3.05, 3.63) is 47.5 Å². The van der Waals surface area contributed by atoms with Crippen molar-refractivity contribution in [1.82, 2.24) is 0 Å². The molecule has 1 aromatic rings. The van der Waals surface area contributed by atoms with Crippen LogP contribution >= 0.6 is 0 Å². The van der Waals surface area contributed by atoms with E-state index in [1.54, 1.807) is 0 Å². The van der Waals surface area contributed by atoms with E-state index in [-0.39, 0.29) is 12.4 Å². The lowest BCUT2D eigenvalue weighted by Crippen LogP contribution is -2.28. The van der Waals surface area contributed by atoms with Gasteiger partial charge in [-0.05, 0) is 62.1 Å². The van der Waals surface area contributed by atoms with Gasteiger partial charge in [0.05, 0.1) is 6.10 Å². The lowest BCUT2D eigenvalue weighted by Gasteiger charge is -2.27. The topological polar surface area (TPSA) is 38.7 Å². The molecule has 2 unspecified atom stereocenters. The highest BCUT2D eigenvalue weighted by molar-refractivity contribution is 5.40. The van der Waals surface area contributed by atoms with Crippen molar-refractivity contribution in [3.8, 4) is 11.8 Å². The maximum absolute atomic E-state index is 10.6. The van der Waals surface area contributed by atoms with E-state index in [1.165, 1.54) is 31.2 Å². The van der Waals surface area contributed by atoms with Crippen molar-refractivity contribution < 1.29 is 14.6 Å². The minimum Gasteiger partial charge on any atom is -0.376 e. The Hall–Kier alpha value is -1.60. The molecule has 160 valence electrons. The molecule has 0 amide bonds. The standard InChI is InChI=1S/C26H38O3/c1-4-6-7-15-22(29-26-19-10-11-20-28-26)16-8-9-18-25(27)24-17-12-14-21(3)23(24)13-5-2/h5,12,14,17,22,25-27H,2,4,6-8,10-11,13,15-16,19-20H2,1,3H3/t22-,25?,26?/m0/s1. The predicted octanol–water partition coefficient (Wildman–Crippen LogP) is 6.03. The van der Waals surface area contributed by atoms with E-state index >= 15 is 0 Å². The van der Waals surface area contributed by atoms with Crippen LogP contribution in [0.3, 0.4) is 0 Å². The van der Waals surface area contributed by atoms with Gasteiger partial charge in [-0.15, -0.1) is 12.5 Å². The Bertz CT molecular complexity index is 664. The molecule has 0 saturated carbocycles. The molecule has 2 rings (SSSR count). The second-order valence-corrected chi connectivity index (χ2v) is 7.95. The number of aliphatic hydroxyl groups excluding tert-OH is 1. The summed E-state index contributed by atoms with van der Waals surface area (Å²) in [7, 11) is 0. The minimum absolute atomic E-state index is 0.0531. The number of unbranched alkanes of at least 4 members (excludes halogenated alkanes) is 2. The van der Waals surface area contributed by atoms with Crippen molar-refractivity contribution in [2.75, 3.05) is 6.61 Å². The molecule has 3 atom stereocenters. The molecule has 29 heavy (non-hydrogen) atoms. The van der Waals surface area contributed by atoms with Crippen molar-refractivity contribution in [2.45, 2.75) is 96.6 Å². The van der Waals surface area contributed by atoms with E-state index in [4.69, 9.17) is 9.47 Å². The molecular formula is C26H38O3. The first-order valence-electron chi connectivity index (χ1n) is 11.3. The number of allylic oxidation sites excluding steroid dienone is 1. The summed E-state index contributed by atoms with van der Waals surface area (Å²) in [6, 6.07) is 6.00. The summed E-state index contributed by atoms with van der Waals surface area (Å²) in [5.41, 5.74) is 3.18. The molecule has 3 heteroatoms. The van der Waals surface area contributed by atoms with Gasteiger partial charge in [-0.1, -0.05) is 56.4 Å². The lowest BCUT2D eigenvalue weighted by molar-refractivity contribution is -0.190. The smallest absolute Gasteiger partial charge is 0.157 e. The number of benzene rings is 1. The Morgan fingerprint density at radius 1 is 1.31 bits per heavy atom. The molecule has 1 N–H and O–H groups in total. The molecule has 1 saturated heterocycles. The summed E-state index contributed by atoms with van der Waals surface area (Å²) < 4.78 is 12.0. The maximum atomic E-state index is 10.6. The predicted molar refractivity (Wildman–Crippen MR) is 120 cm³/mol. The van der Waals surface area contributed by atoms with Gasteiger partial charge in [0, 0.05) is 13.0 Å². The monoisotopic (exact) mass is 398 g/mol. The van der Waals surface area contributed by atoms with Gasteiger partial charge in [-0.25, -0.2) is 0 Å². The molecule has 1 aromatic carbocycles. The van der Waals surface area contributed by atoms with Gasteiger partial charge in [0.1, 0.15) is 6.10 Å². The van der Waals surface area contributed by atoms with Gasteiger partial charge >= 0.3 is 0 Å². The van der Waals surface area contributed by atoms with Crippen LogP contribution in [0.2, 0.25) is 0 Å². The molecule has 0 aromatic heterocycles. The van der Waals surface area contributed by atoms with Crippen LogP contribution in [0.5, 0.6) is 0 Å². The molecule has 0 radical (unpaired) electrons. The van der Waals surface area contributed by atoms with Crippen LogP contribution in [-0.4, -0.2) is 24.1 Å². The van der Waals surface area contributed by atoms with E-state index in [9.17, 15) is 5.11 Å². The van der Waals surface area contributed by atoms with Gasteiger partial charge < -0.3 is 14.6 Å². The van der Waals surface area contributed by atoms with Gasteiger partial charge in [0.15, 0.2) is 6.29 Å². The number of hydrogen-bond acceptors (Lipinski definition) is 3. The van der Waals surface area contributed by atoms with Crippen molar-refractivity contribution >= 4 is 0 Å². The maximum Gasteiger partial charge on any atom is 0.157 e. The Labute approximate surface area is 177 Å². The fourth-order valence-electron chi connectivity index (χ4n) is 3.82. The summed E-state index contributed by atoms with van der Waals surface area (Å²) in [5.74, 6) is 6.22. The average molecular weight is 399 g/mol. The average Bonchev–Trinajstić information content (AvgIpc) is 2.73. The third-order valence-corrected chi connectivity index (χ3v) is 5.53. The third kappa shape index (κ3) is 8.34. The fourth-order valence-corrected chi connectivity index (χ4v) is 3.82. The molecule has 1 aliphatic rings. The molecule has 0 bridgehead atoms. The zero-order valence-electron chi connectivity index (χ0n) is 18.3.